The minimum atomic E-state index is -1.35. The summed E-state index contributed by atoms with van der Waals surface area (Å²) >= 11 is 1.51. The van der Waals surface area contributed by atoms with Gasteiger partial charge in [0.1, 0.15) is 35.1 Å². The van der Waals surface area contributed by atoms with Crippen LogP contribution in [0.25, 0.3) is 0 Å². The van der Waals surface area contributed by atoms with Crippen molar-refractivity contribution >= 4 is 35.6 Å². The number of carbonyl (C=O) groups is 4. The molecule has 0 radical (unpaired) electrons. The fraction of sp³-hybridized carbons (Fsp3) is 0.556. The Morgan fingerprint density at radius 2 is 1.51 bits per heavy atom. The topological polar surface area (TPSA) is 134 Å². The summed E-state index contributed by atoms with van der Waals surface area (Å²) in [5, 5.41) is 16.9. The molecular weight excluding hydrogens is 618 g/mol. The number of esters is 1. The molecule has 2 rings (SSSR count). The summed E-state index contributed by atoms with van der Waals surface area (Å²) in [6.07, 6.45) is 2.01. The van der Waals surface area contributed by atoms with E-state index in [-0.39, 0.29) is 24.2 Å². The van der Waals surface area contributed by atoms with Gasteiger partial charge >= 0.3 is 12.1 Å². The summed E-state index contributed by atoms with van der Waals surface area (Å²) in [5.74, 6) is -1.42. The smallest absolute Gasteiger partial charge is 0.408 e. The van der Waals surface area contributed by atoms with Crippen LogP contribution in [0.4, 0.5) is 4.79 Å². The average Bonchev–Trinajstić information content (AvgIpc) is 2.97. The minimum absolute atomic E-state index is 0.141. The van der Waals surface area contributed by atoms with Crippen LogP contribution in [-0.2, 0) is 30.3 Å². The number of aromatic hydroxyl groups is 1. The average molecular weight is 672 g/mol. The Labute approximate surface area is 284 Å². The summed E-state index contributed by atoms with van der Waals surface area (Å²) in [6.45, 7) is 15.8. The van der Waals surface area contributed by atoms with Gasteiger partial charge in [-0.3, -0.25) is 9.59 Å². The number of nitrogens with one attached hydrogen (secondary N) is 2. The van der Waals surface area contributed by atoms with E-state index in [0.29, 0.717) is 17.7 Å². The molecule has 47 heavy (non-hydrogen) atoms. The molecule has 0 aliphatic carbocycles. The second-order valence-electron chi connectivity index (χ2n) is 13.7. The van der Waals surface area contributed by atoms with Crippen molar-refractivity contribution in [3.8, 4) is 5.75 Å². The summed E-state index contributed by atoms with van der Waals surface area (Å²) in [7, 11) is 0. The molecule has 0 heterocycles. The Bertz CT molecular complexity index is 1350. The van der Waals surface area contributed by atoms with E-state index in [1.807, 2.05) is 43.5 Å². The Hall–Kier alpha value is -3.73. The molecule has 10 nitrogen and oxygen atoms in total. The van der Waals surface area contributed by atoms with Crippen LogP contribution in [-0.4, -0.2) is 75.2 Å². The summed E-state index contributed by atoms with van der Waals surface area (Å²) in [5.41, 5.74) is -0.108. The van der Waals surface area contributed by atoms with E-state index in [1.54, 1.807) is 73.6 Å². The van der Waals surface area contributed by atoms with E-state index >= 15 is 0 Å². The van der Waals surface area contributed by atoms with Gasteiger partial charge in [-0.2, -0.15) is 11.8 Å². The van der Waals surface area contributed by atoms with Crippen LogP contribution in [0.3, 0.4) is 0 Å². The third-order valence-corrected chi connectivity index (χ3v) is 7.94. The van der Waals surface area contributed by atoms with E-state index in [2.05, 4.69) is 10.6 Å². The molecule has 3 N–H and O–H groups in total. The highest BCUT2D eigenvalue weighted by atomic mass is 32.2. The highest BCUT2D eigenvalue weighted by Gasteiger charge is 2.41. The zero-order valence-corrected chi connectivity index (χ0v) is 30.3. The lowest BCUT2D eigenvalue weighted by Crippen LogP contribution is -2.57. The van der Waals surface area contributed by atoms with E-state index in [4.69, 9.17) is 9.47 Å². The van der Waals surface area contributed by atoms with Crippen LogP contribution in [0.1, 0.15) is 91.0 Å². The molecule has 2 aromatic carbocycles. The number of nitrogens with zero attached hydrogens (tertiary/aromatic N) is 1. The number of thioether (sulfide) groups is 1. The molecule has 0 saturated heterocycles. The van der Waals surface area contributed by atoms with Crippen molar-refractivity contribution in [2.75, 3.05) is 12.0 Å². The largest absolute Gasteiger partial charge is 0.507 e. The molecule has 260 valence electrons. The standard InChI is InChI=1S/C36H53N3O7S/c1-11-24(3)39(32(42)27(20-21-47-10)38-34(44)46-36(7,8)9)29(26-19-15-16-23(2)30(26)40)31(41)37-28(33(43)45-35(4,5)6)22-25-17-13-12-14-18-25/h12-19,24,27-29,40H,11,20-22H2,1-10H3,(H,37,41)(H,38,44). The first-order chi connectivity index (χ1) is 21.9. The quantitative estimate of drug-likeness (QED) is 0.206. The van der Waals surface area contributed by atoms with Crippen molar-refractivity contribution in [1.82, 2.24) is 15.5 Å². The van der Waals surface area contributed by atoms with E-state index < -0.39 is 59.2 Å². The molecule has 2 aromatic rings. The van der Waals surface area contributed by atoms with Gasteiger partial charge in [-0.25, -0.2) is 9.59 Å². The highest BCUT2D eigenvalue weighted by molar-refractivity contribution is 7.98. The lowest BCUT2D eigenvalue weighted by atomic mass is 9.96. The maximum atomic E-state index is 14.6. The monoisotopic (exact) mass is 671 g/mol. The third-order valence-electron chi connectivity index (χ3n) is 7.30. The fourth-order valence-corrected chi connectivity index (χ4v) is 5.38. The van der Waals surface area contributed by atoms with Gasteiger partial charge in [0.15, 0.2) is 0 Å². The first kappa shape index (κ1) is 39.4. The molecule has 0 aliphatic heterocycles. The fourth-order valence-electron chi connectivity index (χ4n) is 4.90. The van der Waals surface area contributed by atoms with Crippen LogP contribution in [0, 0.1) is 6.92 Å². The lowest BCUT2D eigenvalue weighted by molar-refractivity contribution is -0.159. The van der Waals surface area contributed by atoms with Crippen molar-refractivity contribution in [2.24, 2.45) is 0 Å². The lowest BCUT2D eigenvalue weighted by Gasteiger charge is -2.39. The molecule has 0 aromatic heterocycles. The number of amides is 3. The number of phenols is 1. The molecule has 0 aliphatic rings. The number of phenolic OH excluding ortho intramolecular Hbond substituents is 1. The van der Waals surface area contributed by atoms with E-state index in [0.717, 1.165) is 5.56 Å². The minimum Gasteiger partial charge on any atom is -0.507 e. The Morgan fingerprint density at radius 3 is 2.06 bits per heavy atom. The molecule has 0 fully saturated rings. The summed E-state index contributed by atoms with van der Waals surface area (Å²) < 4.78 is 11.2. The van der Waals surface area contributed by atoms with Crippen LogP contribution < -0.4 is 10.6 Å². The molecule has 4 atom stereocenters. The number of hydrogen-bond donors (Lipinski definition) is 3. The number of para-hydroxylation sites is 1. The summed E-state index contributed by atoms with van der Waals surface area (Å²) in [4.78, 5) is 56.9. The molecule has 11 heteroatoms. The molecule has 4 unspecified atom stereocenters. The zero-order valence-electron chi connectivity index (χ0n) is 29.5. The van der Waals surface area contributed by atoms with Gasteiger partial charge in [0.2, 0.25) is 11.8 Å². The normalized spacial score (nSPS) is 14.3. The first-order valence-electron chi connectivity index (χ1n) is 16.0. The molecule has 0 saturated carbocycles. The van der Waals surface area contributed by atoms with E-state index in [9.17, 15) is 24.3 Å². The molecule has 0 bridgehead atoms. The van der Waals surface area contributed by atoms with Gasteiger partial charge in [0, 0.05) is 18.0 Å². The zero-order chi connectivity index (χ0) is 35.5. The van der Waals surface area contributed by atoms with Crippen molar-refractivity contribution in [2.45, 2.75) is 117 Å². The molecule has 3 amide bonds. The molecule has 0 spiro atoms. The van der Waals surface area contributed by atoms with Gasteiger partial charge in [-0.05, 0) is 91.4 Å². The van der Waals surface area contributed by atoms with Crippen molar-refractivity contribution in [3.05, 3.63) is 65.2 Å². The first-order valence-corrected chi connectivity index (χ1v) is 17.4. The van der Waals surface area contributed by atoms with Crippen LogP contribution >= 0.6 is 11.8 Å². The van der Waals surface area contributed by atoms with E-state index in [1.165, 1.54) is 16.7 Å². The maximum Gasteiger partial charge on any atom is 0.408 e. The molecular formula is C36H53N3O7S. The van der Waals surface area contributed by atoms with Gasteiger partial charge in [0.25, 0.3) is 0 Å². The second-order valence-corrected chi connectivity index (χ2v) is 14.7. The van der Waals surface area contributed by atoms with Gasteiger partial charge in [0.05, 0.1) is 0 Å². The maximum absolute atomic E-state index is 14.6. The van der Waals surface area contributed by atoms with Gasteiger partial charge in [-0.1, -0.05) is 55.5 Å². The predicted octanol–water partition coefficient (Wildman–Crippen LogP) is 6.08. The van der Waals surface area contributed by atoms with Gasteiger partial charge in [-0.15, -0.1) is 0 Å². The van der Waals surface area contributed by atoms with Crippen LogP contribution in [0.5, 0.6) is 5.75 Å². The predicted molar refractivity (Wildman–Crippen MR) is 186 cm³/mol. The Kier molecular flexibility index (Phi) is 14.6. The third kappa shape index (κ3) is 12.4. The van der Waals surface area contributed by atoms with Crippen LogP contribution in [0.15, 0.2) is 48.5 Å². The number of carbonyl (C=O) groups excluding carboxylic acids is 4. The Morgan fingerprint density at radius 1 is 0.894 bits per heavy atom. The number of aryl methyl sites for hydroxylation is 1. The number of ether oxygens (including phenoxy) is 2. The van der Waals surface area contributed by atoms with Gasteiger partial charge < -0.3 is 30.1 Å². The Balaban J connectivity index is 2.68. The SMILES string of the molecule is CCC(C)N(C(=O)C(CCSC)NC(=O)OC(C)(C)C)C(C(=O)NC(Cc1ccccc1)C(=O)OC(C)(C)C)c1cccc(C)c1O. The number of rotatable bonds is 14. The number of alkyl carbamates (subject to hydrolysis) is 1. The van der Waals surface area contributed by atoms with Crippen molar-refractivity contribution in [3.63, 3.8) is 0 Å². The summed E-state index contributed by atoms with van der Waals surface area (Å²) in [6, 6.07) is 10.2. The van der Waals surface area contributed by atoms with Crippen molar-refractivity contribution in [1.29, 1.82) is 0 Å². The number of benzene rings is 2. The highest BCUT2D eigenvalue weighted by Crippen LogP contribution is 2.34. The number of hydrogen-bond acceptors (Lipinski definition) is 8. The van der Waals surface area contributed by atoms with Crippen LogP contribution in [0.2, 0.25) is 0 Å². The second kappa shape index (κ2) is 17.4. The van der Waals surface area contributed by atoms with Crippen molar-refractivity contribution < 1.29 is 33.8 Å².